The number of hydrogen-bond donors (Lipinski definition) is 2. The van der Waals surface area contributed by atoms with Crippen molar-refractivity contribution in [3.63, 3.8) is 0 Å². The maximum atomic E-state index is 11.8. The third-order valence-corrected chi connectivity index (χ3v) is 4.01. The van der Waals surface area contributed by atoms with E-state index in [0.717, 1.165) is 22.3 Å². The summed E-state index contributed by atoms with van der Waals surface area (Å²) in [4.78, 5) is 16.0. The van der Waals surface area contributed by atoms with E-state index in [0.29, 0.717) is 12.2 Å². The number of benzene rings is 1. The van der Waals surface area contributed by atoms with Crippen LogP contribution >= 0.6 is 0 Å². The number of aromatic nitrogens is 3. The first-order valence-corrected chi connectivity index (χ1v) is 7.15. The lowest BCUT2D eigenvalue weighted by Gasteiger charge is -2.22. The fraction of sp³-hybridized carbons (Fsp3) is 0.118. The summed E-state index contributed by atoms with van der Waals surface area (Å²) in [7, 11) is 0. The summed E-state index contributed by atoms with van der Waals surface area (Å²) in [6.07, 6.45) is 5.84. The third kappa shape index (κ3) is 2.16. The number of rotatable bonds is 2. The third-order valence-electron chi connectivity index (χ3n) is 4.01. The van der Waals surface area contributed by atoms with Crippen LogP contribution in [-0.4, -0.2) is 21.1 Å². The van der Waals surface area contributed by atoms with Crippen molar-refractivity contribution in [2.24, 2.45) is 0 Å². The smallest absolute Gasteiger partial charge is 0.226 e. The molecule has 1 aliphatic heterocycles. The second-order valence-electron chi connectivity index (χ2n) is 5.37. The van der Waals surface area contributed by atoms with E-state index in [2.05, 4.69) is 44.8 Å². The van der Waals surface area contributed by atoms with Crippen LogP contribution in [-0.2, 0) is 4.79 Å². The van der Waals surface area contributed by atoms with Crippen molar-refractivity contribution in [2.45, 2.75) is 12.3 Å². The SMILES string of the molecule is O=C1CC(c2ccc(-c3cccnc3)cc2)c2cn[nH]c2N1. The normalized spacial score (nSPS) is 16.9. The van der Waals surface area contributed by atoms with Gasteiger partial charge in [0.2, 0.25) is 5.91 Å². The lowest BCUT2D eigenvalue weighted by atomic mass is 9.87. The van der Waals surface area contributed by atoms with E-state index in [1.165, 1.54) is 0 Å². The van der Waals surface area contributed by atoms with Gasteiger partial charge in [0.05, 0.1) is 6.20 Å². The molecule has 2 N–H and O–H groups in total. The molecule has 5 heteroatoms. The van der Waals surface area contributed by atoms with Gasteiger partial charge in [-0.15, -0.1) is 0 Å². The number of nitrogens with zero attached hydrogens (tertiary/aromatic N) is 2. The number of pyridine rings is 1. The zero-order valence-electron chi connectivity index (χ0n) is 11.8. The number of hydrogen-bond acceptors (Lipinski definition) is 3. The highest BCUT2D eigenvalue weighted by Gasteiger charge is 2.27. The van der Waals surface area contributed by atoms with Crippen LogP contribution in [0.4, 0.5) is 5.82 Å². The number of amides is 1. The molecule has 108 valence electrons. The summed E-state index contributed by atoms with van der Waals surface area (Å²) in [6.45, 7) is 0. The Morgan fingerprint density at radius 2 is 1.91 bits per heavy atom. The lowest BCUT2D eigenvalue weighted by molar-refractivity contribution is -0.116. The van der Waals surface area contributed by atoms with Gasteiger partial charge in [-0.3, -0.25) is 14.9 Å². The molecule has 4 rings (SSSR count). The highest BCUT2D eigenvalue weighted by molar-refractivity contribution is 5.94. The molecule has 0 saturated heterocycles. The molecule has 1 amide bonds. The second kappa shape index (κ2) is 5.11. The van der Waals surface area contributed by atoms with Crippen LogP contribution in [0.3, 0.4) is 0 Å². The summed E-state index contributed by atoms with van der Waals surface area (Å²) in [5.74, 6) is 0.765. The number of nitrogens with one attached hydrogen (secondary N) is 2. The first-order chi connectivity index (χ1) is 10.8. The largest absolute Gasteiger partial charge is 0.311 e. The Morgan fingerprint density at radius 1 is 1.05 bits per heavy atom. The maximum Gasteiger partial charge on any atom is 0.226 e. The van der Waals surface area contributed by atoms with Crippen LogP contribution in [0, 0.1) is 0 Å². The molecule has 1 unspecified atom stereocenters. The second-order valence-corrected chi connectivity index (χ2v) is 5.37. The Bertz CT molecular complexity index is 808. The van der Waals surface area contributed by atoms with E-state index in [1.807, 2.05) is 18.3 Å². The molecular formula is C17H14N4O. The maximum absolute atomic E-state index is 11.8. The topological polar surface area (TPSA) is 70.7 Å². The summed E-state index contributed by atoms with van der Waals surface area (Å²) < 4.78 is 0. The number of aromatic amines is 1. The van der Waals surface area contributed by atoms with Gasteiger partial charge in [0.15, 0.2) is 0 Å². The Morgan fingerprint density at radius 3 is 2.68 bits per heavy atom. The van der Waals surface area contributed by atoms with Gasteiger partial charge in [-0.2, -0.15) is 5.10 Å². The van der Waals surface area contributed by atoms with E-state index < -0.39 is 0 Å². The summed E-state index contributed by atoms with van der Waals surface area (Å²) in [5.41, 5.74) is 4.35. The van der Waals surface area contributed by atoms with Gasteiger partial charge in [0.1, 0.15) is 5.82 Å². The molecule has 0 aliphatic carbocycles. The van der Waals surface area contributed by atoms with Crippen molar-refractivity contribution in [1.82, 2.24) is 15.2 Å². The van der Waals surface area contributed by atoms with Crippen molar-refractivity contribution in [3.8, 4) is 11.1 Å². The van der Waals surface area contributed by atoms with E-state index >= 15 is 0 Å². The average molecular weight is 290 g/mol. The van der Waals surface area contributed by atoms with Gasteiger partial charge in [0, 0.05) is 30.3 Å². The van der Waals surface area contributed by atoms with Gasteiger partial charge < -0.3 is 5.32 Å². The molecule has 0 bridgehead atoms. The summed E-state index contributed by atoms with van der Waals surface area (Å²) in [5, 5.41) is 9.68. The minimum absolute atomic E-state index is 0.0121. The highest BCUT2D eigenvalue weighted by Crippen LogP contribution is 2.36. The number of carbonyl (C=O) groups is 1. The van der Waals surface area contributed by atoms with Gasteiger partial charge in [-0.05, 0) is 22.8 Å². The van der Waals surface area contributed by atoms with E-state index in [9.17, 15) is 4.79 Å². The molecule has 22 heavy (non-hydrogen) atoms. The standard InChI is InChI=1S/C17H14N4O/c22-16-8-14(15-10-19-21-17(15)20-16)12-5-3-11(4-6-12)13-2-1-7-18-9-13/h1-7,9-10,14H,8H2,(H2,19,20,21,22). The van der Waals surface area contributed by atoms with Crippen LogP contribution in [0.5, 0.6) is 0 Å². The van der Waals surface area contributed by atoms with Crippen molar-refractivity contribution < 1.29 is 4.79 Å². The fourth-order valence-corrected chi connectivity index (χ4v) is 2.88. The van der Waals surface area contributed by atoms with E-state index in [1.54, 1.807) is 12.4 Å². The average Bonchev–Trinajstić information content (AvgIpc) is 3.03. The summed E-state index contributed by atoms with van der Waals surface area (Å²) in [6, 6.07) is 12.2. The predicted octanol–water partition coefficient (Wildman–Crippen LogP) is 2.95. The number of anilines is 1. The molecule has 1 aromatic carbocycles. The van der Waals surface area contributed by atoms with Crippen LogP contribution in [0.1, 0.15) is 23.5 Å². The Hall–Kier alpha value is -2.95. The number of carbonyl (C=O) groups excluding carboxylic acids is 1. The monoisotopic (exact) mass is 290 g/mol. The molecule has 3 aromatic rings. The van der Waals surface area contributed by atoms with Crippen molar-refractivity contribution >= 4 is 11.7 Å². The van der Waals surface area contributed by atoms with Crippen molar-refractivity contribution in [3.05, 3.63) is 66.1 Å². The first-order valence-electron chi connectivity index (χ1n) is 7.15. The van der Waals surface area contributed by atoms with Gasteiger partial charge in [0.25, 0.3) is 0 Å². The van der Waals surface area contributed by atoms with Crippen LogP contribution < -0.4 is 5.32 Å². The Kier molecular flexibility index (Phi) is 2.96. The van der Waals surface area contributed by atoms with Gasteiger partial charge in [-0.1, -0.05) is 30.3 Å². The zero-order chi connectivity index (χ0) is 14.9. The quantitative estimate of drug-likeness (QED) is 0.762. The van der Waals surface area contributed by atoms with Crippen LogP contribution in [0.2, 0.25) is 0 Å². The fourth-order valence-electron chi connectivity index (χ4n) is 2.88. The van der Waals surface area contributed by atoms with Crippen LogP contribution in [0.25, 0.3) is 11.1 Å². The highest BCUT2D eigenvalue weighted by atomic mass is 16.1. The first kappa shape index (κ1) is 12.8. The van der Waals surface area contributed by atoms with Crippen molar-refractivity contribution in [1.29, 1.82) is 0 Å². The van der Waals surface area contributed by atoms with Crippen molar-refractivity contribution in [2.75, 3.05) is 5.32 Å². The minimum Gasteiger partial charge on any atom is -0.311 e. The molecule has 5 nitrogen and oxygen atoms in total. The molecule has 2 aromatic heterocycles. The van der Waals surface area contributed by atoms with Gasteiger partial charge in [-0.25, -0.2) is 0 Å². The lowest BCUT2D eigenvalue weighted by Crippen LogP contribution is -2.22. The number of fused-ring (bicyclic) bond motifs is 1. The summed E-state index contributed by atoms with van der Waals surface area (Å²) >= 11 is 0. The van der Waals surface area contributed by atoms with E-state index in [4.69, 9.17) is 0 Å². The molecule has 0 radical (unpaired) electrons. The minimum atomic E-state index is 0.0121. The Balaban J connectivity index is 1.69. The number of H-pyrrole nitrogens is 1. The molecule has 0 saturated carbocycles. The van der Waals surface area contributed by atoms with Crippen LogP contribution in [0.15, 0.2) is 55.0 Å². The molecular weight excluding hydrogens is 276 g/mol. The molecule has 0 fully saturated rings. The predicted molar refractivity (Wildman–Crippen MR) is 83.4 cm³/mol. The molecule has 3 heterocycles. The molecule has 0 spiro atoms. The molecule has 1 aliphatic rings. The van der Waals surface area contributed by atoms with E-state index in [-0.39, 0.29) is 11.8 Å². The zero-order valence-corrected chi connectivity index (χ0v) is 11.8. The van der Waals surface area contributed by atoms with Gasteiger partial charge >= 0.3 is 0 Å². The Labute approximate surface area is 127 Å². The molecule has 1 atom stereocenters.